The molecule has 3 heterocycles. The molecule has 1 aromatic carbocycles. The predicted molar refractivity (Wildman–Crippen MR) is 117 cm³/mol. The van der Waals surface area contributed by atoms with E-state index in [1.165, 1.54) is 22.5 Å². The summed E-state index contributed by atoms with van der Waals surface area (Å²) in [6, 6.07) is 8.25. The van der Waals surface area contributed by atoms with Crippen molar-refractivity contribution in [3.05, 3.63) is 50.8 Å². The summed E-state index contributed by atoms with van der Waals surface area (Å²) in [5.74, 6) is 0.0564. The van der Waals surface area contributed by atoms with Crippen molar-refractivity contribution in [1.29, 1.82) is 0 Å². The Bertz CT molecular complexity index is 1230. The van der Waals surface area contributed by atoms with Crippen molar-refractivity contribution in [3.8, 4) is 5.75 Å². The minimum atomic E-state index is -3.07. The summed E-state index contributed by atoms with van der Waals surface area (Å²) in [7, 11) is -1.48. The number of ketones is 1. The number of hydrogen-bond donors (Lipinski definition) is 0. The first-order chi connectivity index (χ1) is 14.2. The third-order valence-corrected chi connectivity index (χ3v) is 8.47. The number of thiophene rings is 1. The highest BCUT2D eigenvalue weighted by molar-refractivity contribution is 9.11. The molecule has 10 heteroatoms. The van der Waals surface area contributed by atoms with Gasteiger partial charge >= 0.3 is 0 Å². The van der Waals surface area contributed by atoms with Crippen LogP contribution in [0.1, 0.15) is 21.7 Å². The highest BCUT2D eigenvalue weighted by Crippen LogP contribution is 2.30. The Kier molecular flexibility index (Phi) is 5.73. The van der Waals surface area contributed by atoms with Gasteiger partial charge in [-0.1, -0.05) is 0 Å². The lowest BCUT2D eigenvalue weighted by Crippen LogP contribution is -2.40. The Balaban J connectivity index is 1.47. The van der Waals surface area contributed by atoms with Crippen molar-refractivity contribution in [2.24, 2.45) is 0 Å². The zero-order chi connectivity index (χ0) is 21.5. The fourth-order valence-electron chi connectivity index (χ4n) is 3.37. The zero-order valence-corrected chi connectivity index (χ0v) is 19.2. The molecule has 3 aromatic rings. The minimum absolute atomic E-state index is 0.0134. The Morgan fingerprint density at radius 1 is 1.30 bits per heavy atom. The number of carbonyl (C=O) groups is 2. The second-order valence-corrected chi connectivity index (χ2v) is 11.8. The number of nitrogens with zero attached hydrogens (tertiary/aromatic N) is 1. The quantitative estimate of drug-likeness (QED) is 0.470. The highest BCUT2D eigenvalue weighted by atomic mass is 79.9. The minimum Gasteiger partial charge on any atom is -0.484 e. The second kappa shape index (κ2) is 8.16. The summed E-state index contributed by atoms with van der Waals surface area (Å²) in [5, 5.41) is 0.602. The summed E-state index contributed by atoms with van der Waals surface area (Å²) in [5.41, 5.74) is 0.963. The van der Waals surface area contributed by atoms with Crippen LogP contribution in [0.25, 0.3) is 11.0 Å². The molecule has 1 amide bonds. The Labute approximate surface area is 185 Å². The van der Waals surface area contributed by atoms with E-state index in [9.17, 15) is 18.0 Å². The average molecular weight is 512 g/mol. The second-order valence-electron chi connectivity index (χ2n) is 7.09. The molecule has 4 rings (SSSR count). The van der Waals surface area contributed by atoms with Gasteiger partial charge in [0.2, 0.25) is 5.78 Å². The number of amides is 1. The molecule has 1 fully saturated rings. The van der Waals surface area contributed by atoms with Gasteiger partial charge in [0.15, 0.2) is 16.4 Å². The van der Waals surface area contributed by atoms with Crippen LogP contribution in [0.5, 0.6) is 5.75 Å². The summed E-state index contributed by atoms with van der Waals surface area (Å²) in [6.07, 6.45) is 1.86. The molecule has 0 spiro atoms. The van der Waals surface area contributed by atoms with Gasteiger partial charge < -0.3 is 14.1 Å². The maximum atomic E-state index is 12.8. The Morgan fingerprint density at radius 2 is 2.10 bits per heavy atom. The maximum absolute atomic E-state index is 12.8. The SMILES string of the molecule is CN(C(=O)COc1ccc2occ(C(=O)c3ccc(Br)s3)c2c1)[C@H]1CCS(=O)(=O)C1. The van der Waals surface area contributed by atoms with Crippen LogP contribution >= 0.6 is 27.3 Å². The largest absolute Gasteiger partial charge is 0.484 e. The highest BCUT2D eigenvalue weighted by Gasteiger charge is 2.32. The first-order valence-corrected chi connectivity index (χ1v) is 12.6. The van der Waals surface area contributed by atoms with E-state index in [4.69, 9.17) is 9.15 Å². The number of likely N-dealkylation sites (N-methyl/N-ethyl adjacent to an activating group) is 1. The number of furan rings is 1. The van der Waals surface area contributed by atoms with Crippen molar-refractivity contribution in [3.63, 3.8) is 0 Å². The summed E-state index contributed by atoms with van der Waals surface area (Å²) in [6.45, 7) is -0.225. The summed E-state index contributed by atoms with van der Waals surface area (Å²) < 4.78 is 35.2. The first kappa shape index (κ1) is 21.1. The smallest absolute Gasteiger partial charge is 0.260 e. The van der Waals surface area contributed by atoms with Crippen LogP contribution in [-0.2, 0) is 14.6 Å². The molecular formula is C20H18BrNO6S2. The zero-order valence-electron chi connectivity index (χ0n) is 16.0. The molecule has 0 saturated carbocycles. The molecule has 158 valence electrons. The number of carbonyl (C=O) groups excluding carboxylic acids is 2. The van der Waals surface area contributed by atoms with E-state index in [-0.39, 0.29) is 35.8 Å². The Hall–Kier alpha value is -2.17. The number of benzene rings is 1. The van der Waals surface area contributed by atoms with Crippen molar-refractivity contribution < 1.29 is 27.2 Å². The van der Waals surface area contributed by atoms with Gasteiger partial charge in [-0.3, -0.25) is 9.59 Å². The number of fused-ring (bicyclic) bond motifs is 1. The molecule has 0 unspecified atom stereocenters. The Morgan fingerprint density at radius 3 is 2.77 bits per heavy atom. The van der Waals surface area contributed by atoms with Crippen LogP contribution in [0, 0.1) is 0 Å². The number of hydrogen-bond acceptors (Lipinski definition) is 7. The molecule has 7 nitrogen and oxygen atoms in total. The molecular weight excluding hydrogens is 494 g/mol. The van der Waals surface area contributed by atoms with Crippen molar-refractivity contribution in [2.75, 3.05) is 25.2 Å². The lowest BCUT2D eigenvalue weighted by Gasteiger charge is -2.23. The molecule has 1 aliphatic heterocycles. The van der Waals surface area contributed by atoms with Crippen molar-refractivity contribution in [1.82, 2.24) is 4.90 Å². The summed E-state index contributed by atoms with van der Waals surface area (Å²) >= 11 is 4.69. The molecule has 0 radical (unpaired) electrons. The van der Waals surface area contributed by atoms with Crippen LogP contribution in [0.4, 0.5) is 0 Å². The van der Waals surface area contributed by atoms with Crippen LogP contribution < -0.4 is 4.74 Å². The van der Waals surface area contributed by atoms with Gasteiger partial charge in [0.1, 0.15) is 17.6 Å². The van der Waals surface area contributed by atoms with E-state index in [0.717, 1.165) is 3.79 Å². The van der Waals surface area contributed by atoms with Crippen molar-refractivity contribution >= 4 is 59.8 Å². The number of ether oxygens (including phenoxy) is 1. The molecule has 0 aliphatic carbocycles. The third kappa shape index (κ3) is 4.30. The molecule has 30 heavy (non-hydrogen) atoms. The van der Waals surface area contributed by atoms with E-state index in [1.54, 1.807) is 31.3 Å². The standard InChI is InChI=1S/C20H18BrNO6S2/c1-22(12-6-7-30(25,26)11-12)19(23)10-27-13-2-3-16-14(8-13)15(9-28-16)20(24)17-4-5-18(21)29-17/h2-5,8-9,12H,6-7,10-11H2,1H3/t12-/m0/s1. The molecule has 0 bridgehead atoms. The fraction of sp³-hybridized carbons (Fsp3) is 0.300. The van der Waals surface area contributed by atoms with E-state index >= 15 is 0 Å². The van der Waals surface area contributed by atoms with E-state index < -0.39 is 9.84 Å². The fourth-order valence-corrected chi connectivity index (χ4v) is 6.49. The predicted octanol–water partition coefficient (Wildman–Crippen LogP) is 3.51. The molecule has 0 N–H and O–H groups in total. The normalized spacial score (nSPS) is 17.9. The molecule has 1 saturated heterocycles. The lowest BCUT2D eigenvalue weighted by atomic mass is 10.1. The van der Waals surface area contributed by atoms with E-state index in [0.29, 0.717) is 33.6 Å². The van der Waals surface area contributed by atoms with Crippen LogP contribution in [-0.4, -0.2) is 56.2 Å². The monoisotopic (exact) mass is 511 g/mol. The van der Waals surface area contributed by atoms with Gasteiger partial charge in [0, 0.05) is 18.5 Å². The topological polar surface area (TPSA) is 93.9 Å². The van der Waals surface area contributed by atoms with Gasteiger partial charge in [-0.25, -0.2) is 8.42 Å². The molecule has 1 atom stereocenters. The van der Waals surface area contributed by atoms with Gasteiger partial charge in [-0.05, 0) is 52.7 Å². The molecule has 1 aliphatic rings. The van der Waals surface area contributed by atoms with Crippen LogP contribution in [0.2, 0.25) is 0 Å². The van der Waals surface area contributed by atoms with Gasteiger partial charge in [0.25, 0.3) is 5.91 Å². The number of rotatable bonds is 6. The van der Waals surface area contributed by atoms with Crippen molar-refractivity contribution in [2.45, 2.75) is 12.5 Å². The maximum Gasteiger partial charge on any atom is 0.260 e. The number of halogens is 1. The lowest BCUT2D eigenvalue weighted by molar-refractivity contribution is -0.133. The van der Waals surface area contributed by atoms with Crippen LogP contribution in [0.3, 0.4) is 0 Å². The van der Waals surface area contributed by atoms with E-state index in [2.05, 4.69) is 15.9 Å². The van der Waals surface area contributed by atoms with Gasteiger partial charge in [-0.2, -0.15) is 0 Å². The average Bonchev–Trinajstić information content (AvgIpc) is 3.42. The van der Waals surface area contributed by atoms with Crippen LogP contribution in [0.15, 0.2) is 44.8 Å². The van der Waals surface area contributed by atoms with E-state index in [1.807, 2.05) is 6.07 Å². The van der Waals surface area contributed by atoms with Gasteiger partial charge in [0.05, 0.1) is 25.7 Å². The molecule has 2 aromatic heterocycles. The van der Waals surface area contributed by atoms with Gasteiger partial charge in [-0.15, -0.1) is 11.3 Å². The summed E-state index contributed by atoms with van der Waals surface area (Å²) in [4.78, 5) is 27.2. The number of sulfone groups is 1. The first-order valence-electron chi connectivity index (χ1n) is 9.14. The third-order valence-electron chi connectivity index (χ3n) is 5.10.